The average molecular weight is 377 g/mol. The van der Waals surface area contributed by atoms with Crippen LogP contribution in [0.4, 0.5) is 11.4 Å². The minimum absolute atomic E-state index is 0.0225. The highest BCUT2D eigenvalue weighted by atomic mass is 127. The second-order valence-corrected chi connectivity index (χ2v) is 5.38. The van der Waals surface area contributed by atoms with Gasteiger partial charge in [-0.05, 0) is 48.6 Å². The largest absolute Gasteiger partial charge is 0.368 e. The molecule has 1 aromatic carbocycles. The number of hydrogen-bond acceptors (Lipinski definition) is 4. The van der Waals surface area contributed by atoms with Gasteiger partial charge in [0, 0.05) is 23.2 Å². The molecule has 0 fully saturated rings. The molecule has 0 bridgehead atoms. The highest BCUT2D eigenvalue weighted by Crippen LogP contribution is 2.26. The molecule has 0 aliphatic carbocycles. The van der Waals surface area contributed by atoms with Crippen molar-refractivity contribution in [2.75, 3.05) is 18.9 Å². The molecule has 1 unspecified atom stereocenters. The van der Waals surface area contributed by atoms with Crippen LogP contribution in [-0.4, -0.2) is 35.4 Å². The van der Waals surface area contributed by atoms with E-state index in [2.05, 4.69) is 5.32 Å². The minimum Gasteiger partial charge on any atom is -0.368 e. The van der Waals surface area contributed by atoms with Gasteiger partial charge in [0.1, 0.15) is 11.7 Å². The quantitative estimate of drug-likeness (QED) is 0.486. The van der Waals surface area contributed by atoms with Gasteiger partial charge in [-0.3, -0.25) is 14.9 Å². The Morgan fingerprint density at radius 1 is 1.58 bits per heavy atom. The van der Waals surface area contributed by atoms with Gasteiger partial charge in [-0.2, -0.15) is 0 Å². The smallest absolute Gasteiger partial charge is 0.293 e. The third-order valence-electron chi connectivity index (χ3n) is 2.75. The van der Waals surface area contributed by atoms with Crippen LogP contribution in [-0.2, 0) is 4.79 Å². The fourth-order valence-corrected chi connectivity index (χ4v) is 2.03. The molecule has 1 rings (SSSR count). The van der Waals surface area contributed by atoms with Crippen LogP contribution in [0.1, 0.15) is 13.8 Å². The lowest BCUT2D eigenvalue weighted by atomic mass is 10.2. The molecule has 1 N–H and O–H groups in total. The van der Waals surface area contributed by atoms with Gasteiger partial charge in [0.05, 0.1) is 4.92 Å². The third kappa shape index (κ3) is 4.05. The number of halogens is 1. The first-order chi connectivity index (χ1) is 8.86. The van der Waals surface area contributed by atoms with Crippen molar-refractivity contribution in [2.45, 2.75) is 19.9 Å². The number of amides is 1. The van der Waals surface area contributed by atoms with E-state index in [1.807, 2.05) is 29.5 Å². The molecule has 1 amide bonds. The van der Waals surface area contributed by atoms with Crippen molar-refractivity contribution in [3.05, 3.63) is 31.9 Å². The molecule has 104 valence electrons. The number of carbonyl (C=O) groups is 1. The van der Waals surface area contributed by atoms with E-state index in [0.29, 0.717) is 12.2 Å². The molecular formula is C12H16IN3O3. The van der Waals surface area contributed by atoms with Crippen LogP contribution in [0.5, 0.6) is 0 Å². The van der Waals surface area contributed by atoms with Crippen LogP contribution in [0, 0.1) is 13.7 Å². The first-order valence-electron chi connectivity index (χ1n) is 5.82. The number of carbonyl (C=O) groups excluding carboxylic acids is 1. The summed E-state index contributed by atoms with van der Waals surface area (Å²) in [6.45, 7) is 4.16. The maximum atomic E-state index is 11.9. The number of benzene rings is 1. The molecule has 0 aliphatic rings. The molecule has 0 saturated carbocycles. The number of hydrogen-bond donors (Lipinski definition) is 1. The number of rotatable bonds is 5. The zero-order valence-electron chi connectivity index (χ0n) is 11.0. The molecule has 6 nitrogen and oxygen atoms in total. The van der Waals surface area contributed by atoms with Gasteiger partial charge in [-0.1, -0.05) is 0 Å². The number of nitrogens with zero attached hydrogens (tertiary/aromatic N) is 2. The van der Waals surface area contributed by atoms with Gasteiger partial charge < -0.3 is 10.2 Å². The average Bonchev–Trinajstić information content (AvgIpc) is 2.38. The maximum absolute atomic E-state index is 11.9. The third-order valence-corrected chi connectivity index (χ3v) is 3.42. The molecule has 0 saturated heterocycles. The lowest BCUT2D eigenvalue weighted by molar-refractivity contribution is -0.384. The second kappa shape index (κ2) is 6.69. The molecule has 0 heterocycles. The van der Waals surface area contributed by atoms with Crippen molar-refractivity contribution < 1.29 is 9.72 Å². The Labute approximate surface area is 125 Å². The zero-order chi connectivity index (χ0) is 14.6. The lowest BCUT2D eigenvalue weighted by Gasteiger charge is -2.21. The molecule has 0 radical (unpaired) electrons. The van der Waals surface area contributed by atoms with Crippen LogP contribution >= 0.6 is 22.6 Å². The Balaban J connectivity index is 2.93. The fourth-order valence-electron chi connectivity index (χ4n) is 1.56. The molecular weight excluding hydrogens is 361 g/mol. The zero-order valence-corrected chi connectivity index (χ0v) is 13.2. The van der Waals surface area contributed by atoms with Crippen LogP contribution in [0.15, 0.2) is 18.2 Å². The van der Waals surface area contributed by atoms with Crippen LogP contribution in [0.2, 0.25) is 0 Å². The maximum Gasteiger partial charge on any atom is 0.293 e. The Bertz CT molecular complexity index is 493. The summed E-state index contributed by atoms with van der Waals surface area (Å²) >= 11 is 2.01. The normalized spacial score (nSPS) is 11.8. The first kappa shape index (κ1) is 15.7. The molecule has 0 aliphatic heterocycles. The van der Waals surface area contributed by atoms with Crippen molar-refractivity contribution in [1.82, 2.24) is 4.90 Å². The van der Waals surface area contributed by atoms with Crippen molar-refractivity contribution in [2.24, 2.45) is 0 Å². The Morgan fingerprint density at radius 2 is 2.21 bits per heavy atom. The van der Waals surface area contributed by atoms with E-state index in [0.717, 1.165) is 3.57 Å². The summed E-state index contributed by atoms with van der Waals surface area (Å²) in [7, 11) is 1.70. The van der Waals surface area contributed by atoms with Crippen LogP contribution < -0.4 is 5.32 Å². The van der Waals surface area contributed by atoms with E-state index < -0.39 is 11.0 Å². The summed E-state index contributed by atoms with van der Waals surface area (Å²) in [5.74, 6) is -0.102. The number of nitro benzene ring substituents is 1. The first-order valence-corrected chi connectivity index (χ1v) is 6.90. The van der Waals surface area contributed by atoms with Gasteiger partial charge >= 0.3 is 0 Å². The Kier molecular flexibility index (Phi) is 5.52. The highest BCUT2D eigenvalue weighted by Gasteiger charge is 2.20. The highest BCUT2D eigenvalue weighted by molar-refractivity contribution is 14.1. The van der Waals surface area contributed by atoms with Crippen LogP contribution in [0.3, 0.4) is 0 Å². The van der Waals surface area contributed by atoms with Gasteiger partial charge in [-0.15, -0.1) is 0 Å². The monoisotopic (exact) mass is 377 g/mol. The summed E-state index contributed by atoms with van der Waals surface area (Å²) in [5, 5.41) is 13.9. The topological polar surface area (TPSA) is 75.5 Å². The Hall–Kier alpha value is -1.38. The van der Waals surface area contributed by atoms with Gasteiger partial charge in [0.2, 0.25) is 5.91 Å². The van der Waals surface area contributed by atoms with E-state index in [1.54, 1.807) is 31.0 Å². The minimum atomic E-state index is -0.510. The van der Waals surface area contributed by atoms with Crippen molar-refractivity contribution in [3.8, 4) is 0 Å². The number of nitrogens with one attached hydrogen (secondary N) is 1. The summed E-state index contributed by atoms with van der Waals surface area (Å²) in [6, 6.07) is 4.35. The Morgan fingerprint density at radius 3 is 2.74 bits per heavy atom. The number of anilines is 1. The standard InChI is InChI=1S/C12H16IN3O3/c1-4-15(3)12(17)8(2)14-10-6-5-9(13)7-11(10)16(18)19/h5-8,14H,4H2,1-3H3. The molecule has 1 atom stereocenters. The molecule has 0 spiro atoms. The second-order valence-electron chi connectivity index (χ2n) is 4.14. The molecule has 7 heteroatoms. The predicted molar refractivity (Wildman–Crippen MR) is 82.2 cm³/mol. The predicted octanol–water partition coefficient (Wildman–Crippen LogP) is 2.48. The number of nitro groups is 1. The lowest BCUT2D eigenvalue weighted by Crippen LogP contribution is -2.38. The van der Waals surface area contributed by atoms with Crippen molar-refractivity contribution in [1.29, 1.82) is 0 Å². The van der Waals surface area contributed by atoms with E-state index in [-0.39, 0.29) is 11.6 Å². The summed E-state index contributed by atoms with van der Waals surface area (Å²) < 4.78 is 0.777. The van der Waals surface area contributed by atoms with E-state index in [1.165, 1.54) is 6.07 Å². The summed E-state index contributed by atoms with van der Waals surface area (Å²) in [4.78, 5) is 24.0. The van der Waals surface area contributed by atoms with E-state index in [9.17, 15) is 14.9 Å². The van der Waals surface area contributed by atoms with Gasteiger partial charge in [0.25, 0.3) is 5.69 Å². The van der Waals surface area contributed by atoms with Gasteiger partial charge in [0.15, 0.2) is 0 Å². The SMILES string of the molecule is CCN(C)C(=O)C(C)Nc1ccc(I)cc1[N+](=O)[O-]. The van der Waals surface area contributed by atoms with E-state index >= 15 is 0 Å². The number of likely N-dealkylation sites (N-methyl/N-ethyl adjacent to an activating group) is 1. The van der Waals surface area contributed by atoms with E-state index in [4.69, 9.17) is 0 Å². The van der Waals surface area contributed by atoms with Crippen molar-refractivity contribution >= 4 is 39.9 Å². The fraction of sp³-hybridized carbons (Fsp3) is 0.417. The molecule has 19 heavy (non-hydrogen) atoms. The summed E-state index contributed by atoms with van der Waals surface area (Å²) in [6.07, 6.45) is 0. The molecule has 0 aromatic heterocycles. The summed E-state index contributed by atoms with van der Waals surface area (Å²) in [5.41, 5.74) is 0.335. The molecule has 1 aromatic rings. The van der Waals surface area contributed by atoms with Crippen LogP contribution in [0.25, 0.3) is 0 Å². The van der Waals surface area contributed by atoms with Gasteiger partial charge in [-0.25, -0.2) is 0 Å². The van der Waals surface area contributed by atoms with Crippen molar-refractivity contribution in [3.63, 3.8) is 0 Å².